The molecule has 3 rings (SSSR count). The van der Waals surface area contributed by atoms with Crippen LogP contribution in [0.25, 0.3) is 11.0 Å². The smallest absolute Gasteiger partial charge is 0.255 e. The number of hydrogen-bond acceptors (Lipinski definition) is 3. The number of aromatic amines is 1. The van der Waals surface area contributed by atoms with Crippen molar-refractivity contribution in [1.82, 2.24) is 25.1 Å². The predicted octanol–water partition coefficient (Wildman–Crippen LogP) is 2.10. The van der Waals surface area contributed by atoms with Gasteiger partial charge in [0.25, 0.3) is 5.91 Å². The molecule has 0 aliphatic heterocycles. The first-order chi connectivity index (χ1) is 10.1. The fourth-order valence-corrected chi connectivity index (χ4v) is 2.24. The third-order valence-electron chi connectivity index (χ3n) is 3.65. The van der Waals surface area contributed by atoms with Crippen molar-refractivity contribution in [3.63, 3.8) is 0 Å². The molecule has 0 fully saturated rings. The maximum atomic E-state index is 12.3. The van der Waals surface area contributed by atoms with E-state index < -0.39 is 0 Å². The Labute approximate surface area is 122 Å². The van der Waals surface area contributed by atoms with Crippen molar-refractivity contribution in [3.05, 3.63) is 47.5 Å². The summed E-state index contributed by atoms with van der Waals surface area (Å²) >= 11 is 0. The van der Waals surface area contributed by atoms with Crippen LogP contribution in [0, 0.1) is 6.92 Å². The summed E-state index contributed by atoms with van der Waals surface area (Å²) in [5.41, 5.74) is 3.28. The zero-order valence-electron chi connectivity index (χ0n) is 12.2. The molecule has 0 bridgehead atoms. The van der Waals surface area contributed by atoms with Crippen molar-refractivity contribution in [2.75, 3.05) is 0 Å². The van der Waals surface area contributed by atoms with Crippen LogP contribution in [0.15, 0.2) is 30.5 Å². The fraction of sp³-hybridized carbons (Fsp3) is 0.267. The van der Waals surface area contributed by atoms with Crippen LogP contribution in [0.4, 0.5) is 0 Å². The number of carbonyl (C=O) groups excluding carboxylic acids is 1. The lowest BCUT2D eigenvalue weighted by Gasteiger charge is -2.11. The van der Waals surface area contributed by atoms with E-state index in [0.717, 1.165) is 22.6 Å². The van der Waals surface area contributed by atoms with Gasteiger partial charge in [0, 0.05) is 12.7 Å². The van der Waals surface area contributed by atoms with E-state index in [1.165, 1.54) is 0 Å². The Bertz CT molecular complexity index is 768. The number of nitrogens with one attached hydrogen (secondary N) is 2. The number of imidazole rings is 1. The highest BCUT2D eigenvalue weighted by Crippen LogP contribution is 2.16. The molecule has 6 heteroatoms. The molecule has 0 spiro atoms. The Morgan fingerprint density at radius 1 is 1.38 bits per heavy atom. The molecule has 0 radical (unpaired) electrons. The number of rotatable bonds is 3. The number of aryl methyl sites for hydroxylation is 1. The number of para-hydroxylation sites is 2. The lowest BCUT2D eigenvalue weighted by atomic mass is 10.2. The lowest BCUT2D eigenvalue weighted by molar-refractivity contribution is 0.0937. The monoisotopic (exact) mass is 283 g/mol. The van der Waals surface area contributed by atoms with Crippen LogP contribution in [0.1, 0.15) is 34.8 Å². The molecule has 21 heavy (non-hydrogen) atoms. The molecule has 1 amide bonds. The molecule has 0 saturated heterocycles. The van der Waals surface area contributed by atoms with E-state index in [1.54, 1.807) is 10.9 Å². The Morgan fingerprint density at radius 3 is 2.81 bits per heavy atom. The van der Waals surface area contributed by atoms with Gasteiger partial charge in [-0.25, -0.2) is 4.98 Å². The van der Waals surface area contributed by atoms with Gasteiger partial charge >= 0.3 is 0 Å². The van der Waals surface area contributed by atoms with Gasteiger partial charge in [-0.1, -0.05) is 12.1 Å². The van der Waals surface area contributed by atoms with Gasteiger partial charge in [0.15, 0.2) is 0 Å². The SMILES string of the molecule is Cc1c(C(=O)NC(C)c2nc3ccccc3[nH]2)cnn1C. The molecule has 6 nitrogen and oxygen atoms in total. The van der Waals surface area contributed by atoms with Crippen molar-refractivity contribution < 1.29 is 4.79 Å². The van der Waals surface area contributed by atoms with Crippen molar-refractivity contribution in [1.29, 1.82) is 0 Å². The van der Waals surface area contributed by atoms with Crippen LogP contribution < -0.4 is 5.32 Å². The summed E-state index contributed by atoms with van der Waals surface area (Å²) in [4.78, 5) is 20.0. The van der Waals surface area contributed by atoms with Gasteiger partial charge in [-0.15, -0.1) is 0 Å². The van der Waals surface area contributed by atoms with E-state index in [0.29, 0.717) is 5.56 Å². The standard InChI is InChI=1S/C15H17N5O/c1-9(14-18-12-6-4-5-7-13(12)19-14)17-15(21)11-8-16-20(3)10(11)2/h4-9H,1-3H3,(H,17,21)(H,18,19). The average molecular weight is 283 g/mol. The first kappa shape index (κ1) is 13.4. The van der Waals surface area contributed by atoms with Gasteiger partial charge < -0.3 is 10.3 Å². The summed E-state index contributed by atoms with van der Waals surface area (Å²) in [5.74, 6) is 0.597. The molecule has 2 aromatic heterocycles. The van der Waals surface area contributed by atoms with Crippen LogP contribution in [-0.4, -0.2) is 25.7 Å². The van der Waals surface area contributed by atoms with Crippen LogP contribution in [0.3, 0.4) is 0 Å². The Hall–Kier alpha value is -2.63. The number of H-pyrrole nitrogens is 1. The van der Waals surface area contributed by atoms with Gasteiger partial charge in [0.2, 0.25) is 0 Å². The topological polar surface area (TPSA) is 75.6 Å². The molecular formula is C15H17N5O. The van der Waals surface area contributed by atoms with E-state index in [-0.39, 0.29) is 11.9 Å². The summed E-state index contributed by atoms with van der Waals surface area (Å²) in [6.07, 6.45) is 1.58. The van der Waals surface area contributed by atoms with Crippen molar-refractivity contribution >= 4 is 16.9 Å². The first-order valence-electron chi connectivity index (χ1n) is 6.80. The Morgan fingerprint density at radius 2 is 2.14 bits per heavy atom. The molecule has 2 N–H and O–H groups in total. The van der Waals surface area contributed by atoms with E-state index in [1.807, 2.05) is 45.2 Å². The van der Waals surface area contributed by atoms with Gasteiger partial charge in [-0.05, 0) is 26.0 Å². The number of nitrogens with zero attached hydrogens (tertiary/aromatic N) is 3. The number of aromatic nitrogens is 4. The molecular weight excluding hydrogens is 266 g/mol. The fourth-order valence-electron chi connectivity index (χ4n) is 2.24. The predicted molar refractivity (Wildman–Crippen MR) is 79.9 cm³/mol. The summed E-state index contributed by atoms with van der Waals surface area (Å²) in [5, 5.41) is 7.03. The van der Waals surface area contributed by atoms with E-state index in [9.17, 15) is 4.79 Å². The van der Waals surface area contributed by atoms with E-state index in [2.05, 4.69) is 20.4 Å². The minimum Gasteiger partial charge on any atom is -0.342 e. The van der Waals surface area contributed by atoms with Gasteiger partial charge in [0.1, 0.15) is 5.82 Å². The molecule has 1 aromatic carbocycles. The van der Waals surface area contributed by atoms with Crippen molar-refractivity contribution in [3.8, 4) is 0 Å². The van der Waals surface area contributed by atoms with Crippen LogP contribution in [0.2, 0.25) is 0 Å². The zero-order chi connectivity index (χ0) is 15.0. The number of hydrogen-bond donors (Lipinski definition) is 2. The second-order valence-corrected chi connectivity index (χ2v) is 5.10. The Balaban J connectivity index is 1.81. The average Bonchev–Trinajstić information content (AvgIpc) is 3.03. The summed E-state index contributed by atoms with van der Waals surface area (Å²) in [6.45, 7) is 3.77. The first-order valence-corrected chi connectivity index (χ1v) is 6.80. The van der Waals surface area contributed by atoms with Crippen LogP contribution in [-0.2, 0) is 7.05 Å². The Kier molecular flexibility index (Phi) is 3.21. The molecule has 0 aliphatic carbocycles. The quantitative estimate of drug-likeness (QED) is 0.773. The molecule has 108 valence electrons. The molecule has 3 aromatic rings. The third-order valence-corrected chi connectivity index (χ3v) is 3.65. The molecule has 1 atom stereocenters. The van der Waals surface area contributed by atoms with E-state index >= 15 is 0 Å². The minimum atomic E-state index is -0.204. The molecule has 0 saturated carbocycles. The second kappa shape index (κ2) is 5.05. The summed E-state index contributed by atoms with van der Waals surface area (Å²) in [7, 11) is 1.81. The lowest BCUT2D eigenvalue weighted by Crippen LogP contribution is -2.27. The second-order valence-electron chi connectivity index (χ2n) is 5.10. The van der Waals surface area contributed by atoms with Gasteiger partial charge in [-0.3, -0.25) is 9.48 Å². The maximum Gasteiger partial charge on any atom is 0.255 e. The number of fused-ring (bicyclic) bond motifs is 1. The number of carbonyl (C=O) groups is 1. The maximum absolute atomic E-state index is 12.3. The third kappa shape index (κ3) is 2.40. The summed E-state index contributed by atoms with van der Waals surface area (Å²) < 4.78 is 1.68. The van der Waals surface area contributed by atoms with E-state index in [4.69, 9.17) is 0 Å². The molecule has 2 heterocycles. The zero-order valence-corrected chi connectivity index (χ0v) is 12.2. The van der Waals surface area contributed by atoms with Gasteiger partial charge in [0.05, 0.1) is 28.8 Å². The largest absolute Gasteiger partial charge is 0.342 e. The van der Waals surface area contributed by atoms with Crippen molar-refractivity contribution in [2.24, 2.45) is 7.05 Å². The van der Waals surface area contributed by atoms with Crippen molar-refractivity contribution in [2.45, 2.75) is 19.9 Å². The highest BCUT2D eigenvalue weighted by atomic mass is 16.1. The van der Waals surface area contributed by atoms with Crippen LogP contribution >= 0.6 is 0 Å². The number of amides is 1. The van der Waals surface area contributed by atoms with Gasteiger partial charge in [-0.2, -0.15) is 5.10 Å². The minimum absolute atomic E-state index is 0.145. The highest BCUT2D eigenvalue weighted by molar-refractivity contribution is 5.95. The molecule has 0 aliphatic rings. The highest BCUT2D eigenvalue weighted by Gasteiger charge is 2.17. The summed E-state index contributed by atoms with van der Waals surface area (Å²) in [6, 6.07) is 7.59. The van der Waals surface area contributed by atoms with Crippen LogP contribution in [0.5, 0.6) is 0 Å². The number of benzene rings is 1. The normalized spacial score (nSPS) is 12.5. The molecule has 1 unspecified atom stereocenters.